The van der Waals surface area contributed by atoms with Crippen molar-refractivity contribution in [2.24, 2.45) is 4.99 Å². The molecule has 2 aliphatic rings. The van der Waals surface area contributed by atoms with E-state index in [1.165, 1.54) is 6.08 Å². The van der Waals surface area contributed by atoms with Gasteiger partial charge in [-0.3, -0.25) is 15.1 Å². The van der Waals surface area contributed by atoms with Gasteiger partial charge >= 0.3 is 0 Å². The van der Waals surface area contributed by atoms with Crippen LogP contribution >= 0.6 is 0 Å². The zero-order valence-corrected chi connectivity index (χ0v) is 12.0. The van der Waals surface area contributed by atoms with E-state index < -0.39 is 4.92 Å². The van der Waals surface area contributed by atoms with Gasteiger partial charge in [0.15, 0.2) is 0 Å². The van der Waals surface area contributed by atoms with E-state index >= 15 is 0 Å². The molecule has 1 aromatic rings. The molecule has 0 aliphatic carbocycles. The lowest BCUT2D eigenvalue weighted by atomic mass is 9.98. The quantitative estimate of drug-likeness (QED) is 0.490. The summed E-state index contributed by atoms with van der Waals surface area (Å²) < 4.78 is 7.18. The summed E-state index contributed by atoms with van der Waals surface area (Å²) in [5.41, 5.74) is 1.76. The SMILES string of the molecule is C=C[C@H](C/C=C/[N+](=O)[O-])c1nn(C2COC2)c2c1C=NCN2. The number of aromatic nitrogens is 2. The Bertz CT molecular complexity index is 645. The molecule has 8 heteroatoms. The first-order valence-electron chi connectivity index (χ1n) is 7.07. The van der Waals surface area contributed by atoms with E-state index in [9.17, 15) is 10.1 Å². The first-order valence-corrected chi connectivity index (χ1v) is 7.07. The van der Waals surface area contributed by atoms with Gasteiger partial charge in [0.1, 0.15) is 18.5 Å². The molecular formula is C14H17N5O3. The summed E-state index contributed by atoms with van der Waals surface area (Å²) in [7, 11) is 0. The minimum atomic E-state index is -0.469. The first kappa shape index (κ1) is 14.5. The van der Waals surface area contributed by atoms with Crippen LogP contribution in [-0.4, -0.2) is 40.8 Å². The fourth-order valence-corrected chi connectivity index (χ4v) is 2.54. The second-order valence-corrected chi connectivity index (χ2v) is 5.18. The van der Waals surface area contributed by atoms with Crippen LogP contribution in [0.15, 0.2) is 29.9 Å². The smallest absolute Gasteiger partial charge is 0.230 e. The molecule has 1 saturated heterocycles. The van der Waals surface area contributed by atoms with Gasteiger partial charge in [0.2, 0.25) is 6.20 Å². The van der Waals surface area contributed by atoms with Crippen molar-refractivity contribution >= 4 is 12.0 Å². The Labute approximate surface area is 127 Å². The number of anilines is 1. The number of hydrogen-bond donors (Lipinski definition) is 1. The predicted octanol–water partition coefficient (Wildman–Crippen LogP) is 1.71. The number of aliphatic imine (C=N–C) groups is 1. The van der Waals surface area contributed by atoms with E-state index in [1.807, 2.05) is 4.68 Å². The van der Waals surface area contributed by atoms with E-state index in [0.717, 1.165) is 23.3 Å². The molecular weight excluding hydrogens is 286 g/mol. The Kier molecular flexibility index (Phi) is 4.01. The molecule has 8 nitrogen and oxygen atoms in total. The number of ether oxygens (including phenoxy) is 1. The van der Waals surface area contributed by atoms with Gasteiger partial charge in [-0.15, -0.1) is 6.58 Å². The average molecular weight is 303 g/mol. The largest absolute Gasteiger partial charge is 0.377 e. The van der Waals surface area contributed by atoms with Crippen molar-refractivity contribution in [1.29, 1.82) is 0 Å². The Hall–Kier alpha value is -2.48. The van der Waals surface area contributed by atoms with Crippen LogP contribution in [-0.2, 0) is 4.74 Å². The summed E-state index contributed by atoms with van der Waals surface area (Å²) in [5.74, 6) is 0.835. The van der Waals surface area contributed by atoms with Gasteiger partial charge in [-0.2, -0.15) is 5.10 Å². The van der Waals surface area contributed by atoms with Crippen LogP contribution < -0.4 is 5.32 Å². The van der Waals surface area contributed by atoms with Gasteiger partial charge in [-0.25, -0.2) is 4.68 Å². The molecule has 2 aliphatic heterocycles. The van der Waals surface area contributed by atoms with E-state index in [4.69, 9.17) is 9.84 Å². The zero-order chi connectivity index (χ0) is 15.5. The topological polar surface area (TPSA) is 94.6 Å². The maximum atomic E-state index is 10.4. The number of allylic oxidation sites excluding steroid dienone is 2. The molecule has 0 aromatic carbocycles. The van der Waals surface area contributed by atoms with Crippen LogP contribution in [0, 0.1) is 10.1 Å². The minimum Gasteiger partial charge on any atom is -0.377 e. The first-order chi connectivity index (χ1) is 10.7. The minimum absolute atomic E-state index is 0.0986. The lowest BCUT2D eigenvalue weighted by Gasteiger charge is -2.28. The third-order valence-electron chi connectivity index (χ3n) is 3.75. The molecule has 0 saturated carbocycles. The molecule has 22 heavy (non-hydrogen) atoms. The molecule has 0 spiro atoms. The fourth-order valence-electron chi connectivity index (χ4n) is 2.54. The van der Waals surface area contributed by atoms with E-state index in [1.54, 1.807) is 12.3 Å². The molecule has 0 bridgehead atoms. The molecule has 1 fully saturated rings. The Morgan fingerprint density at radius 1 is 1.64 bits per heavy atom. The normalized spacial score (nSPS) is 18.5. The molecule has 3 heterocycles. The standard InChI is InChI=1S/C14H17N5O3/c1-2-10(4-3-5-18(20)21)13-12-6-15-9-16-14(12)19(17-13)11-7-22-8-11/h2-3,5-6,10-11,16H,1,4,7-9H2/b5-3+/t10-/m1/s1. The van der Waals surface area contributed by atoms with Crippen LogP contribution in [0.3, 0.4) is 0 Å². The summed E-state index contributed by atoms with van der Waals surface area (Å²) in [4.78, 5) is 14.2. The molecule has 3 rings (SSSR count). The maximum Gasteiger partial charge on any atom is 0.230 e. The van der Waals surface area contributed by atoms with Gasteiger partial charge in [0, 0.05) is 12.1 Å². The number of rotatable bonds is 6. The van der Waals surface area contributed by atoms with Crippen molar-refractivity contribution < 1.29 is 9.66 Å². The average Bonchev–Trinajstić information content (AvgIpc) is 2.81. The number of fused-ring (bicyclic) bond motifs is 1. The molecule has 0 radical (unpaired) electrons. The second kappa shape index (κ2) is 6.10. The fraction of sp³-hybridized carbons (Fsp3) is 0.429. The molecule has 1 atom stereocenters. The highest BCUT2D eigenvalue weighted by atomic mass is 16.6. The van der Waals surface area contributed by atoms with Crippen LogP contribution in [0.5, 0.6) is 0 Å². The highest BCUT2D eigenvalue weighted by Crippen LogP contribution is 2.33. The lowest BCUT2D eigenvalue weighted by molar-refractivity contribution is -0.402. The van der Waals surface area contributed by atoms with Crippen molar-refractivity contribution in [1.82, 2.24) is 9.78 Å². The van der Waals surface area contributed by atoms with E-state index in [0.29, 0.717) is 26.3 Å². The monoisotopic (exact) mass is 303 g/mol. The number of nitrogens with zero attached hydrogens (tertiary/aromatic N) is 4. The molecule has 0 amide bonds. The van der Waals surface area contributed by atoms with Gasteiger partial charge in [-0.05, 0) is 12.5 Å². The van der Waals surface area contributed by atoms with E-state index in [2.05, 4.69) is 16.9 Å². The van der Waals surface area contributed by atoms with Crippen molar-refractivity contribution in [3.8, 4) is 0 Å². The predicted molar refractivity (Wildman–Crippen MR) is 81.9 cm³/mol. The van der Waals surface area contributed by atoms with Crippen molar-refractivity contribution in [3.05, 3.63) is 46.3 Å². The van der Waals surface area contributed by atoms with Crippen LogP contribution in [0.25, 0.3) is 0 Å². The van der Waals surface area contributed by atoms with Crippen molar-refractivity contribution in [2.75, 3.05) is 25.2 Å². The number of nitro groups is 1. The molecule has 1 N–H and O–H groups in total. The Balaban J connectivity index is 1.91. The summed E-state index contributed by atoms with van der Waals surface area (Å²) in [6.45, 7) is 5.64. The molecule has 116 valence electrons. The van der Waals surface area contributed by atoms with Crippen molar-refractivity contribution in [3.63, 3.8) is 0 Å². The number of hydrogen-bond acceptors (Lipinski definition) is 6. The third kappa shape index (κ3) is 2.64. The third-order valence-corrected chi connectivity index (χ3v) is 3.75. The highest BCUT2D eigenvalue weighted by Gasteiger charge is 2.29. The molecule has 1 aromatic heterocycles. The lowest BCUT2D eigenvalue weighted by Crippen LogP contribution is -2.32. The van der Waals surface area contributed by atoms with Crippen LogP contribution in [0.2, 0.25) is 0 Å². The Morgan fingerprint density at radius 3 is 3.09 bits per heavy atom. The Morgan fingerprint density at radius 2 is 2.45 bits per heavy atom. The van der Waals surface area contributed by atoms with Crippen LogP contribution in [0.4, 0.5) is 5.82 Å². The summed E-state index contributed by atoms with van der Waals surface area (Å²) >= 11 is 0. The number of nitrogens with one attached hydrogen (secondary N) is 1. The zero-order valence-electron chi connectivity index (χ0n) is 12.0. The van der Waals surface area contributed by atoms with Gasteiger partial charge < -0.3 is 10.1 Å². The van der Waals surface area contributed by atoms with Gasteiger partial charge in [0.05, 0.1) is 29.4 Å². The summed E-state index contributed by atoms with van der Waals surface area (Å²) in [6, 6.07) is 0.223. The highest BCUT2D eigenvalue weighted by molar-refractivity contribution is 5.90. The summed E-state index contributed by atoms with van der Waals surface area (Å²) in [6.07, 6.45) is 6.52. The second-order valence-electron chi connectivity index (χ2n) is 5.18. The maximum absolute atomic E-state index is 10.4. The van der Waals surface area contributed by atoms with Crippen LogP contribution in [0.1, 0.15) is 29.6 Å². The summed E-state index contributed by atoms with van der Waals surface area (Å²) in [5, 5.41) is 18.3. The molecule has 0 unspecified atom stereocenters. The van der Waals surface area contributed by atoms with E-state index in [-0.39, 0.29) is 12.0 Å². The van der Waals surface area contributed by atoms with Crippen molar-refractivity contribution in [2.45, 2.75) is 18.4 Å². The van der Waals surface area contributed by atoms with Gasteiger partial charge in [-0.1, -0.05) is 6.08 Å². The van der Waals surface area contributed by atoms with Gasteiger partial charge in [0.25, 0.3) is 0 Å².